The molecule has 0 heterocycles. The third-order valence-corrected chi connectivity index (χ3v) is 4.33. The minimum absolute atomic E-state index is 0.00186. The van der Waals surface area contributed by atoms with Gasteiger partial charge in [-0.3, -0.25) is 14.3 Å². The summed E-state index contributed by atoms with van der Waals surface area (Å²) in [6.45, 7) is 0. The van der Waals surface area contributed by atoms with Crippen molar-refractivity contribution in [2.24, 2.45) is 0 Å². The van der Waals surface area contributed by atoms with Crippen LogP contribution in [0.4, 0.5) is 15.8 Å². The van der Waals surface area contributed by atoms with Crippen molar-refractivity contribution in [3.05, 3.63) is 64.0 Å². The average Bonchev–Trinajstić information content (AvgIpc) is 2.47. The van der Waals surface area contributed by atoms with E-state index in [0.717, 1.165) is 6.07 Å². The fraction of sp³-hybridized carbons (Fsp3) is 0.143. The summed E-state index contributed by atoms with van der Waals surface area (Å²) in [4.78, 5) is 10.7. The Bertz CT molecular complexity index is 706. The van der Waals surface area contributed by atoms with Gasteiger partial charge in [-0.2, -0.15) is 0 Å². The first-order chi connectivity index (χ1) is 9.99. The van der Waals surface area contributed by atoms with Crippen LogP contribution in [0.2, 0.25) is 0 Å². The maximum absolute atomic E-state index is 13.3. The number of nitrogen functional groups attached to an aromatic ring is 1. The molecule has 0 radical (unpaired) electrons. The molecule has 0 bridgehead atoms. The summed E-state index contributed by atoms with van der Waals surface area (Å²) in [5.74, 6) is -0.444. The highest BCUT2D eigenvalue weighted by Crippen LogP contribution is 2.20. The molecule has 0 amide bonds. The van der Waals surface area contributed by atoms with Crippen molar-refractivity contribution in [2.45, 2.75) is 11.3 Å². The topological polar surface area (TPSA) is 86.2 Å². The molecule has 0 saturated carbocycles. The quantitative estimate of drug-likeness (QED) is 0.522. The normalized spacial score (nSPS) is 12.0. The molecule has 2 aromatic rings. The predicted molar refractivity (Wildman–Crippen MR) is 78.9 cm³/mol. The zero-order valence-electron chi connectivity index (χ0n) is 11.0. The van der Waals surface area contributed by atoms with Crippen LogP contribution in [0, 0.1) is 15.9 Å². The summed E-state index contributed by atoms with van der Waals surface area (Å²) in [6.07, 6.45) is 0.274. The number of hydrogen-bond acceptors (Lipinski definition) is 4. The molecule has 0 aliphatic heterocycles. The minimum atomic E-state index is -1.44. The van der Waals surface area contributed by atoms with Crippen LogP contribution in [0.1, 0.15) is 5.56 Å². The van der Waals surface area contributed by atoms with Gasteiger partial charge < -0.3 is 5.73 Å². The Labute approximate surface area is 123 Å². The Morgan fingerprint density at radius 2 is 1.95 bits per heavy atom. The molecule has 0 aliphatic rings. The first-order valence-electron chi connectivity index (χ1n) is 6.14. The smallest absolute Gasteiger partial charge is 0.272 e. The summed E-state index contributed by atoms with van der Waals surface area (Å²) in [6, 6.07) is 10.3. The summed E-state index contributed by atoms with van der Waals surface area (Å²) in [5.41, 5.74) is 5.86. The molecule has 0 aliphatic carbocycles. The molecular formula is C14H13FN2O3S. The number of benzene rings is 2. The lowest BCUT2D eigenvalue weighted by Crippen LogP contribution is -2.05. The van der Waals surface area contributed by atoms with Gasteiger partial charge in [-0.1, -0.05) is 18.2 Å². The first-order valence-corrected chi connectivity index (χ1v) is 7.46. The van der Waals surface area contributed by atoms with Crippen LogP contribution in [0.5, 0.6) is 0 Å². The van der Waals surface area contributed by atoms with E-state index < -0.39 is 21.5 Å². The second-order valence-corrected chi connectivity index (χ2v) is 5.94. The third-order valence-electron chi connectivity index (χ3n) is 2.98. The van der Waals surface area contributed by atoms with Crippen molar-refractivity contribution in [1.29, 1.82) is 0 Å². The number of para-hydroxylation sites is 1. The van der Waals surface area contributed by atoms with Gasteiger partial charge in [0.15, 0.2) is 0 Å². The molecule has 0 spiro atoms. The second-order valence-electron chi connectivity index (χ2n) is 4.37. The van der Waals surface area contributed by atoms with Gasteiger partial charge >= 0.3 is 0 Å². The Morgan fingerprint density at radius 1 is 1.24 bits per heavy atom. The Hall–Kier alpha value is -2.28. The van der Waals surface area contributed by atoms with Crippen LogP contribution < -0.4 is 5.73 Å². The molecule has 2 aromatic carbocycles. The SMILES string of the molecule is Nc1ccc(S(=O)CCc2ccccc2[N+](=O)[O-])cc1F. The zero-order chi connectivity index (χ0) is 15.4. The Morgan fingerprint density at radius 3 is 2.62 bits per heavy atom. The largest absolute Gasteiger partial charge is 0.396 e. The van der Waals surface area contributed by atoms with Crippen molar-refractivity contribution in [2.75, 3.05) is 11.5 Å². The van der Waals surface area contributed by atoms with Crippen LogP contribution >= 0.6 is 0 Å². The van der Waals surface area contributed by atoms with Gasteiger partial charge in [-0.25, -0.2) is 4.39 Å². The lowest BCUT2D eigenvalue weighted by atomic mass is 10.1. The molecule has 110 valence electrons. The number of hydrogen-bond donors (Lipinski definition) is 1. The summed E-state index contributed by atoms with van der Waals surface area (Å²) in [7, 11) is -1.44. The lowest BCUT2D eigenvalue weighted by Gasteiger charge is -2.05. The van der Waals surface area contributed by atoms with Gasteiger partial charge in [0.1, 0.15) is 5.82 Å². The molecule has 0 saturated heterocycles. The average molecular weight is 308 g/mol. The van der Waals surface area contributed by atoms with Gasteiger partial charge in [0.25, 0.3) is 5.69 Å². The van der Waals surface area contributed by atoms with Gasteiger partial charge in [0.2, 0.25) is 0 Å². The van der Waals surface area contributed by atoms with E-state index >= 15 is 0 Å². The van der Waals surface area contributed by atoms with Gasteiger partial charge in [-0.05, 0) is 24.6 Å². The maximum Gasteiger partial charge on any atom is 0.272 e. The van der Waals surface area contributed by atoms with Gasteiger partial charge in [0, 0.05) is 22.3 Å². The van der Waals surface area contributed by atoms with E-state index in [1.807, 2.05) is 0 Å². The summed E-state index contributed by atoms with van der Waals surface area (Å²) < 4.78 is 25.4. The number of nitrogens with two attached hydrogens (primary N) is 1. The predicted octanol–water partition coefficient (Wildman–Crippen LogP) is 2.67. The van der Waals surface area contributed by atoms with Crippen molar-refractivity contribution in [3.63, 3.8) is 0 Å². The third kappa shape index (κ3) is 3.63. The molecule has 0 fully saturated rings. The number of aryl methyl sites for hydroxylation is 1. The Balaban J connectivity index is 2.11. The molecule has 0 aromatic heterocycles. The van der Waals surface area contributed by atoms with Crippen LogP contribution in [0.3, 0.4) is 0 Å². The van der Waals surface area contributed by atoms with E-state index in [2.05, 4.69) is 0 Å². The lowest BCUT2D eigenvalue weighted by molar-refractivity contribution is -0.385. The highest BCUT2D eigenvalue weighted by molar-refractivity contribution is 7.85. The molecule has 7 heteroatoms. The van der Waals surface area contributed by atoms with E-state index in [4.69, 9.17) is 5.73 Å². The molecule has 1 unspecified atom stereocenters. The summed E-state index contributed by atoms with van der Waals surface area (Å²) >= 11 is 0. The number of nitro benzene ring substituents is 1. The Kier molecular flexibility index (Phi) is 4.64. The number of halogens is 1. The van der Waals surface area contributed by atoms with Crippen molar-refractivity contribution >= 4 is 22.2 Å². The maximum atomic E-state index is 13.3. The minimum Gasteiger partial charge on any atom is -0.396 e. The monoisotopic (exact) mass is 308 g/mol. The molecular weight excluding hydrogens is 295 g/mol. The molecule has 5 nitrogen and oxygen atoms in total. The van der Waals surface area contributed by atoms with E-state index in [-0.39, 0.29) is 23.5 Å². The summed E-state index contributed by atoms with van der Waals surface area (Å²) in [5, 5.41) is 10.9. The fourth-order valence-corrected chi connectivity index (χ4v) is 2.97. The van der Waals surface area contributed by atoms with E-state index in [0.29, 0.717) is 10.5 Å². The molecule has 2 N–H and O–H groups in total. The number of nitrogens with zero attached hydrogens (tertiary/aromatic N) is 1. The zero-order valence-corrected chi connectivity index (χ0v) is 11.8. The van der Waals surface area contributed by atoms with Crippen LogP contribution in [-0.2, 0) is 17.2 Å². The van der Waals surface area contributed by atoms with Gasteiger partial charge in [0.05, 0.1) is 21.4 Å². The van der Waals surface area contributed by atoms with Gasteiger partial charge in [-0.15, -0.1) is 0 Å². The molecule has 1 atom stereocenters. The second kappa shape index (κ2) is 6.45. The van der Waals surface area contributed by atoms with E-state index in [1.54, 1.807) is 18.2 Å². The number of nitro groups is 1. The fourth-order valence-electron chi connectivity index (χ4n) is 1.87. The van der Waals surface area contributed by atoms with E-state index in [9.17, 15) is 18.7 Å². The van der Waals surface area contributed by atoms with Crippen molar-refractivity contribution in [1.82, 2.24) is 0 Å². The van der Waals surface area contributed by atoms with Crippen molar-refractivity contribution < 1.29 is 13.5 Å². The highest BCUT2D eigenvalue weighted by Gasteiger charge is 2.14. The first kappa shape index (κ1) is 15.1. The van der Waals surface area contributed by atoms with E-state index in [1.165, 1.54) is 18.2 Å². The van der Waals surface area contributed by atoms with Crippen molar-refractivity contribution in [3.8, 4) is 0 Å². The molecule has 2 rings (SSSR count). The van der Waals surface area contributed by atoms with Crippen LogP contribution in [0.25, 0.3) is 0 Å². The van der Waals surface area contributed by atoms with Crippen LogP contribution in [0.15, 0.2) is 47.4 Å². The van der Waals surface area contributed by atoms with Crippen LogP contribution in [-0.4, -0.2) is 14.9 Å². The molecule has 21 heavy (non-hydrogen) atoms. The highest BCUT2D eigenvalue weighted by atomic mass is 32.2. The standard InChI is InChI=1S/C14H13FN2O3S/c15-12-9-11(5-6-13(12)16)21(20)8-7-10-3-1-2-4-14(10)17(18)19/h1-6,9H,7-8,16H2. The number of rotatable bonds is 5. The number of anilines is 1.